The molecule has 0 bridgehead atoms. The average Bonchev–Trinajstić information content (AvgIpc) is 1.61. The van der Waals surface area contributed by atoms with Crippen LogP contribution in [0.1, 0.15) is 13.8 Å². The third kappa shape index (κ3) is 5.50. The van der Waals surface area contributed by atoms with Crippen LogP contribution in [0.5, 0.6) is 0 Å². The molecule has 42 valence electrons. The summed E-state index contributed by atoms with van der Waals surface area (Å²) in [4.78, 5) is 0. The van der Waals surface area contributed by atoms with Gasteiger partial charge in [-0.3, -0.25) is 0 Å². The van der Waals surface area contributed by atoms with Gasteiger partial charge in [0.25, 0.3) is 0 Å². The highest BCUT2D eigenvalue weighted by Crippen LogP contribution is 1.81. The first kappa shape index (κ1) is 6.50. The standard InChI is InChI=1S/C5H11NO/c1-5(2)3-6-4-7/h3,6-7H,4H2,1-2H3. The van der Waals surface area contributed by atoms with E-state index in [4.69, 9.17) is 5.11 Å². The molecule has 2 heteroatoms. The lowest BCUT2D eigenvalue weighted by Gasteiger charge is -1.90. The fraction of sp³-hybridized carbons (Fsp3) is 0.600. The van der Waals surface area contributed by atoms with Crippen molar-refractivity contribution < 1.29 is 5.11 Å². The molecule has 0 unspecified atom stereocenters. The first-order valence-corrected chi connectivity index (χ1v) is 2.25. The number of rotatable bonds is 2. The van der Waals surface area contributed by atoms with Crippen molar-refractivity contribution in [2.24, 2.45) is 0 Å². The molecule has 2 N–H and O–H groups in total. The summed E-state index contributed by atoms with van der Waals surface area (Å²) in [6.45, 7) is 3.94. The third-order valence-corrected chi connectivity index (χ3v) is 0.482. The van der Waals surface area contributed by atoms with E-state index in [0.717, 1.165) is 5.57 Å². The molecular formula is C5H11NO. The van der Waals surface area contributed by atoms with Gasteiger partial charge in [-0.25, -0.2) is 0 Å². The van der Waals surface area contributed by atoms with Crippen LogP contribution in [-0.2, 0) is 0 Å². The van der Waals surface area contributed by atoms with E-state index in [2.05, 4.69) is 5.32 Å². The number of nitrogens with one attached hydrogen (secondary N) is 1. The summed E-state index contributed by atoms with van der Waals surface area (Å²) in [5.41, 5.74) is 1.16. The van der Waals surface area contributed by atoms with E-state index in [-0.39, 0.29) is 6.73 Å². The van der Waals surface area contributed by atoms with Crippen LogP contribution in [0, 0.1) is 0 Å². The first-order valence-electron chi connectivity index (χ1n) is 2.25. The van der Waals surface area contributed by atoms with Crippen LogP contribution in [-0.4, -0.2) is 11.8 Å². The van der Waals surface area contributed by atoms with Gasteiger partial charge in [-0.2, -0.15) is 0 Å². The molecule has 7 heavy (non-hydrogen) atoms. The molecule has 0 rings (SSSR count). The monoisotopic (exact) mass is 101 g/mol. The Morgan fingerprint density at radius 3 is 2.43 bits per heavy atom. The van der Waals surface area contributed by atoms with Gasteiger partial charge >= 0.3 is 0 Å². The summed E-state index contributed by atoms with van der Waals surface area (Å²) in [5, 5.41) is 10.8. The zero-order chi connectivity index (χ0) is 5.70. The van der Waals surface area contributed by atoms with E-state index in [1.807, 2.05) is 13.8 Å². The highest BCUT2D eigenvalue weighted by molar-refractivity contribution is 4.89. The SMILES string of the molecule is CC(C)=CNCO. The Labute approximate surface area is 43.9 Å². The van der Waals surface area contributed by atoms with Crippen molar-refractivity contribution in [3.05, 3.63) is 11.8 Å². The van der Waals surface area contributed by atoms with Gasteiger partial charge < -0.3 is 10.4 Å². The molecule has 0 fully saturated rings. The van der Waals surface area contributed by atoms with Crippen LogP contribution >= 0.6 is 0 Å². The molecule has 0 aromatic carbocycles. The molecule has 0 spiro atoms. The molecule has 2 nitrogen and oxygen atoms in total. The van der Waals surface area contributed by atoms with E-state index in [9.17, 15) is 0 Å². The van der Waals surface area contributed by atoms with Crippen molar-refractivity contribution in [1.82, 2.24) is 5.32 Å². The Morgan fingerprint density at radius 1 is 1.71 bits per heavy atom. The van der Waals surface area contributed by atoms with E-state index in [0.29, 0.717) is 0 Å². The third-order valence-electron chi connectivity index (χ3n) is 0.482. The van der Waals surface area contributed by atoms with Gasteiger partial charge in [0.15, 0.2) is 0 Å². The maximum atomic E-state index is 8.16. The minimum atomic E-state index is 0.0190. The molecule has 0 radical (unpaired) electrons. The van der Waals surface area contributed by atoms with E-state index < -0.39 is 0 Å². The largest absolute Gasteiger partial charge is 0.377 e. The van der Waals surface area contributed by atoms with Gasteiger partial charge in [-0.1, -0.05) is 5.57 Å². The summed E-state index contributed by atoms with van der Waals surface area (Å²) < 4.78 is 0. The van der Waals surface area contributed by atoms with Crippen molar-refractivity contribution in [2.75, 3.05) is 6.73 Å². The summed E-state index contributed by atoms with van der Waals surface area (Å²) in [7, 11) is 0. The zero-order valence-corrected chi connectivity index (χ0v) is 4.73. The van der Waals surface area contributed by atoms with Gasteiger partial charge in [0.05, 0.1) is 0 Å². The second kappa shape index (κ2) is 3.68. The van der Waals surface area contributed by atoms with E-state index in [1.165, 1.54) is 0 Å². The molecule has 0 aromatic rings. The predicted octanol–water partition coefficient (Wildman–Crippen LogP) is 0.450. The van der Waals surface area contributed by atoms with Crippen LogP contribution in [0.15, 0.2) is 11.8 Å². The molecule has 0 aliphatic heterocycles. The van der Waals surface area contributed by atoms with Crippen molar-refractivity contribution in [3.63, 3.8) is 0 Å². The van der Waals surface area contributed by atoms with Crippen LogP contribution in [0.25, 0.3) is 0 Å². The normalized spacial score (nSPS) is 7.86. The summed E-state index contributed by atoms with van der Waals surface area (Å²) in [5.74, 6) is 0. The first-order chi connectivity index (χ1) is 3.27. The second-order valence-corrected chi connectivity index (χ2v) is 1.58. The van der Waals surface area contributed by atoms with Crippen molar-refractivity contribution in [2.45, 2.75) is 13.8 Å². The summed E-state index contributed by atoms with van der Waals surface area (Å²) in [6, 6.07) is 0. The Bertz CT molecular complexity index is 64.5. The maximum Gasteiger partial charge on any atom is 0.112 e. The smallest absolute Gasteiger partial charge is 0.112 e. The van der Waals surface area contributed by atoms with Crippen molar-refractivity contribution in [3.8, 4) is 0 Å². The predicted molar refractivity (Wildman–Crippen MR) is 29.7 cm³/mol. The second-order valence-electron chi connectivity index (χ2n) is 1.58. The lowest BCUT2D eigenvalue weighted by atomic mass is 10.4. The van der Waals surface area contributed by atoms with Gasteiger partial charge in [-0.15, -0.1) is 0 Å². The number of allylic oxidation sites excluding steroid dienone is 1. The lowest BCUT2D eigenvalue weighted by molar-refractivity contribution is 0.279. The minimum Gasteiger partial charge on any atom is -0.377 e. The number of hydrogen-bond acceptors (Lipinski definition) is 2. The summed E-state index contributed by atoms with van der Waals surface area (Å²) in [6.07, 6.45) is 1.76. The molecule has 0 amide bonds. The molecule has 0 aliphatic rings. The van der Waals surface area contributed by atoms with Crippen LogP contribution in [0.2, 0.25) is 0 Å². The number of aliphatic hydroxyl groups is 1. The Balaban J connectivity index is 3.08. The maximum absolute atomic E-state index is 8.16. The molecule has 0 saturated heterocycles. The molecule has 0 atom stereocenters. The van der Waals surface area contributed by atoms with Crippen LogP contribution in [0.3, 0.4) is 0 Å². The molecular weight excluding hydrogens is 90.1 g/mol. The van der Waals surface area contributed by atoms with Crippen LogP contribution < -0.4 is 5.32 Å². The quantitative estimate of drug-likeness (QED) is 0.495. The van der Waals surface area contributed by atoms with Gasteiger partial charge in [0.2, 0.25) is 0 Å². The van der Waals surface area contributed by atoms with Gasteiger partial charge in [-0.05, 0) is 20.0 Å². The average molecular weight is 101 g/mol. The van der Waals surface area contributed by atoms with Gasteiger partial charge in [0, 0.05) is 0 Å². The Hall–Kier alpha value is -0.500. The summed E-state index contributed by atoms with van der Waals surface area (Å²) >= 11 is 0. The molecule has 0 aliphatic carbocycles. The van der Waals surface area contributed by atoms with Crippen molar-refractivity contribution in [1.29, 1.82) is 0 Å². The topological polar surface area (TPSA) is 32.3 Å². The molecule has 0 saturated carbocycles. The number of aliphatic hydroxyl groups excluding tert-OH is 1. The zero-order valence-electron chi connectivity index (χ0n) is 4.73. The molecule has 0 heterocycles. The fourth-order valence-electron chi connectivity index (χ4n) is 0.250. The van der Waals surface area contributed by atoms with E-state index >= 15 is 0 Å². The van der Waals surface area contributed by atoms with Crippen molar-refractivity contribution >= 4 is 0 Å². The Kier molecular flexibility index (Phi) is 3.42. The Morgan fingerprint density at radius 2 is 2.29 bits per heavy atom. The highest BCUT2D eigenvalue weighted by Gasteiger charge is 1.70. The van der Waals surface area contributed by atoms with E-state index in [1.54, 1.807) is 6.20 Å². The van der Waals surface area contributed by atoms with Crippen LogP contribution in [0.4, 0.5) is 0 Å². The molecule has 0 aromatic heterocycles. The lowest BCUT2D eigenvalue weighted by Crippen LogP contribution is -2.05. The fourth-order valence-corrected chi connectivity index (χ4v) is 0.250. The highest BCUT2D eigenvalue weighted by atomic mass is 16.3. The van der Waals surface area contributed by atoms with Gasteiger partial charge in [0.1, 0.15) is 6.73 Å². The number of hydrogen-bond donors (Lipinski definition) is 2. The minimum absolute atomic E-state index is 0.0190.